The van der Waals surface area contributed by atoms with Crippen LogP contribution in [-0.2, 0) is 9.59 Å². The molecule has 5 nitrogen and oxygen atoms in total. The number of alkyl halides is 1. The van der Waals surface area contributed by atoms with E-state index < -0.39 is 5.41 Å². The zero-order chi connectivity index (χ0) is 18.6. The Bertz CT molecular complexity index is 638. The summed E-state index contributed by atoms with van der Waals surface area (Å²) in [7, 11) is 0. The number of hydrogen-bond acceptors (Lipinski definition) is 3. The summed E-state index contributed by atoms with van der Waals surface area (Å²) in [4.78, 5) is 28.3. The van der Waals surface area contributed by atoms with E-state index in [2.05, 4.69) is 0 Å². The van der Waals surface area contributed by atoms with Crippen molar-refractivity contribution in [3.05, 3.63) is 29.3 Å². The predicted molar refractivity (Wildman–Crippen MR) is 99.1 cm³/mol. The standard InChI is InChI=1S/C19H27ClN2O3/c1-14-5-6-16(11-15(14)2)25-12-17(23)21-7-9-22(10-8-21)18(24)19(3,4)13-20/h5-6,11H,7-10,12-13H2,1-4H3. The quantitative estimate of drug-likeness (QED) is 0.753. The lowest BCUT2D eigenvalue weighted by Crippen LogP contribution is -2.54. The van der Waals surface area contributed by atoms with Crippen LogP contribution in [0.4, 0.5) is 0 Å². The van der Waals surface area contributed by atoms with Crippen LogP contribution in [0.2, 0.25) is 0 Å². The fourth-order valence-electron chi connectivity index (χ4n) is 2.68. The molecule has 1 aromatic carbocycles. The highest BCUT2D eigenvalue weighted by Crippen LogP contribution is 2.22. The monoisotopic (exact) mass is 366 g/mol. The van der Waals surface area contributed by atoms with Crippen LogP contribution >= 0.6 is 11.6 Å². The molecule has 1 aromatic rings. The summed E-state index contributed by atoms with van der Waals surface area (Å²) in [6.07, 6.45) is 0. The molecule has 0 saturated carbocycles. The normalized spacial score (nSPS) is 15.2. The van der Waals surface area contributed by atoms with Gasteiger partial charge in [0.05, 0.1) is 5.41 Å². The van der Waals surface area contributed by atoms with Gasteiger partial charge in [0, 0.05) is 32.1 Å². The third-order valence-corrected chi connectivity index (χ3v) is 5.34. The van der Waals surface area contributed by atoms with Crippen LogP contribution in [0.25, 0.3) is 0 Å². The molecule has 1 aliphatic rings. The molecule has 2 amide bonds. The molecule has 0 N–H and O–H groups in total. The molecule has 25 heavy (non-hydrogen) atoms. The molecule has 1 aliphatic heterocycles. The van der Waals surface area contributed by atoms with Gasteiger partial charge in [0.25, 0.3) is 5.91 Å². The second kappa shape index (κ2) is 8.09. The van der Waals surface area contributed by atoms with Gasteiger partial charge in [-0.05, 0) is 51.0 Å². The van der Waals surface area contributed by atoms with Gasteiger partial charge in [-0.15, -0.1) is 11.6 Å². The van der Waals surface area contributed by atoms with Crippen LogP contribution in [-0.4, -0.2) is 60.3 Å². The molecular weight excluding hydrogens is 340 g/mol. The second-order valence-electron chi connectivity index (χ2n) is 7.23. The Balaban J connectivity index is 1.83. The van der Waals surface area contributed by atoms with Crippen molar-refractivity contribution < 1.29 is 14.3 Å². The first kappa shape index (κ1) is 19.6. The number of halogens is 1. The summed E-state index contributed by atoms with van der Waals surface area (Å²) in [5.41, 5.74) is 1.76. The molecular formula is C19H27ClN2O3. The lowest BCUT2D eigenvalue weighted by atomic mass is 9.94. The van der Waals surface area contributed by atoms with Crippen molar-refractivity contribution in [3.8, 4) is 5.75 Å². The highest BCUT2D eigenvalue weighted by atomic mass is 35.5. The summed E-state index contributed by atoms with van der Waals surface area (Å²) in [5.74, 6) is 0.978. The van der Waals surface area contributed by atoms with Gasteiger partial charge < -0.3 is 14.5 Å². The van der Waals surface area contributed by atoms with Gasteiger partial charge >= 0.3 is 0 Å². The number of rotatable bonds is 5. The third-order valence-electron chi connectivity index (χ3n) is 4.67. The molecule has 2 rings (SSSR count). The number of carbonyl (C=O) groups is 2. The van der Waals surface area contributed by atoms with Gasteiger partial charge in [0.2, 0.25) is 5.91 Å². The van der Waals surface area contributed by atoms with Crippen molar-refractivity contribution in [1.82, 2.24) is 9.80 Å². The number of hydrogen-bond donors (Lipinski definition) is 0. The minimum absolute atomic E-state index is 0.0175. The van der Waals surface area contributed by atoms with Crippen LogP contribution in [0, 0.1) is 19.3 Å². The van der Waals surface area contributed by atoms with Crippen molar-refractivity contribution >= 4 is 23.4 Å². The molecule has 0 atom stereocenters. The van der Waals surface area contributed by atoms with E-state index in [4.69, 9.17) is 16.3 Å². The number of ether oxygens (including phenoxy) is 1. The Morgan fingerprint density at radius 1 is 1.08 bits per heavy atom. The summed E-state index contributed by atoms with van der Waals surface area (Å²) in [6.45, 7) is 9.89. The van der Waals surface area contributed by atoms with E-state index in [1.54, 1.807) is 9.80 Å². The summed E-state index contributed by atoms with van der Waals surface area (Å²) >= 11 is 5.88. The van der Waals surface area contributed by atoms with Gasteiger partial charge in [0.15, 0.2) is 6.61 Å². The van der Waals surface area contributed by atoms with Crippen LogP contribution < -0.4 is 4.74 Å². The van der Waals surface area contributed by atoms with Crippen LogP contribution in [0.15, 0.2) is 18.2 Å². The third kappa shape index (κ3) is 4.88. The van der Waals surface area contributed by atoms with Gasteiger partial charge in [-0.25, -0.2) is 0 Å². The molecule has 1 saturated heterocycles. The van der Waals surface area contributed by atoms with Crippen LogP contribution in [0.5, 0.6) is 5.75 Å². The van der Waals surface area contributed by atoms with Gasteiger partial charge in [-0.3, -0.25) is 9.59 Å². The largest absolute Gasteiger partial charge is 0.484 e. The second-order valence-corrected chi connectivity index (χ2v) is 7.49. The number of piperazine rings is 1. The Kier molecular flexibility index (Phi) is 6.33. The molecule has 138 valence electrons. The Morgan fingerprint density at radius 3 is 2.24 bits per heavy atom. The van der Waals surface area contributed by atoms with E-state index in [1.165, 1.54) is 5.56 Å². The summed E-state index contributed by atoms with van der Waals surface area (Å²) in [5, 5.41) is 0. The number of benzene rings is 1. The minimum atomic E-state index is -0.569. The maximum atomic E-state index is 12.4. The zero-order valence-corrected chi connectivity index (χ0v) is 16.2. The molecule has 0 unspecified atom stereocenters. The first-order valence-corrected chi connectivity index (χ1v) is 9.11. The minimum Gasteiger partial charge on any atom is -0.484 e. The van der Waals surface area contributed by atoms with Crippen molar-refractivity contribution in [1.29, 1.82) is 0 Å². The van der Waals surface area contributed by atoms with E-state index in [-0.39, 0.29) is 24.3 Å². The maximum absolute atomic E-state index is 12.4. The van der Waals surface area contributed by atoms with E-state index in [0.29, 0.717) is 31.9 Å². The maximum Gasteiger partial charge on any atom is 0.260 e. The topological polar surface area (TPSA) is 49.9 Å². The fourth-order valence-corrected chi connectivity index (χ4v) is 2.80. The molecule has 6 heteroatoms. The number of amides is 2. The molecule has 0 aromatic heterocycles. The average Bonchev–Trinajstić information content (AvgIpc) is 2.62. The molecule has 0 bridgehead atoms. The average molecular weight is 367 g/mol. The fraction of sp³-hybridized carbons (Fsp3) is 0.579. The highest BCUT2D eigenvalue weighted by molar-refractivity contribution is 6.19. The van der Waals surface area contributed by atoms with Gasteiger partial charge in [-0.2, -0.15) is 0 Å². The zero-order valence-electron chi connectivity index (χ0n) is 15.5. The molecule has 0 aliphatic carbocycles. The van der Waals surface area contributed by atoms with Crippen molar-refractivity contribution in [2.24, 2.45) is 5.41 Å². The smallest absolute Gasteiger partial charge is 0.260 e. The molecule has 0 radical (unpaired) electrons. The molecule has 0 spiro atoms. The highest BCUT2D eigenvalue weighted by Gasteiger charge is 2.33. The lowest BCUT2D eigenvalue weighted by Gasteiger charge is -2.38. The van der Waals surface area contributed by atoms with E-state index in [0.717, 1.165) is 5.56 Å². The van der Waals surface area contributed by atoms with E-state index in [9.17, 15) is 9.59 Å². The number of aryl methyl sites for hydroxylation is 2. The van der Waals surface area contributed by atoms with Gasteiger partial charge in [-0.1, -0.05) is 6.07 Å². The van der Waals surface area contributed by atoms with E-state index in [1.807, 2.05) is 45.9 Å². The van der Waals surface area contributed by atoms with Gasteiger partial charge in [0.1, 0.15) is 5.75 Å². The predicted octanol–water partition coefficient (Wildman–Crippen LogP) is 2.62. The van der Waals surface area contributed by atoms with Crippen molar-refractivity contribution in [2.45, 2.75) is 27.7 Å². The van der Waals surface area contributed by atoms with E-state index >= 15 is 0 Å². The number of carbonyl (C=O) groups excluding carboxylic acids is 2. The number of nitrogens with zero attached hydrogens (tertiary/aromatic N) is 2. The summed E-state index contributed by atoms with van der Waals surface area (Å²) < 4.78 is 5.61. The Labute approximate surface area is 154 Å². The Morgan fingerprint density at radius 2 is 1.68 bits per heavy atom. The van der Waals surface area contributed by atoms with Crippen LogP contribution in [0.1, 0.15) is 25.0 Å². The van der Waals surface area contributed by atoms with Crippen molar-refractivity contribution in [2.75, 3.05) is 38.7 Å². The Hall–Kier alpha value is -1.75. The molecule has 1 fully saturated rings. The van der Waals surface area contributed by atoms with Crippen LogP contribution in [0.3, 0.4) is 0 Å². The first-order chi connectivity index (χ1) is 11.7. The first-order valence-electron chi connectivity index (χ1n) is 8.58. The van der Waals surface area contributed by atoms with Crippen molar-refractivity contribution in [3.63, 3.8) is 0 Å². The summed E-state index contributed by atoms with van der Waals surface area (Å²) in [6, 6.07) is 5.80. The lowest BCUT2D eigenvalue weighted by molar-refractivity contribution is -0.145. The molecule has 1 heterocycles. The SMILES string of the molecule is Cc1ccc(OCC(=O)N2CCN(C(=O)C(C)(C)CCl)CC2)cc1C.